The summed E-state index contributed by atoms with van der Waals surface area (Å²) in [6.45, 7) is 10.0. The van der Waals surface area contributed by atoms with Crippen molar-refractivity contribution in [2.45, 2.75) is 46.1 Å². The van der Waals surface area contributed by atoms with Crippen LogP contribution < -0.4 is 11.1 Å². The predicted molar refractivity (Wildman–Crippen MR) is 63.8 cm³/mol. The molecule has 0 spiro atoms. The summed E-state index contributed by atoms with van der Waals surface area (Å²) >= 11 is 0. The zero-order valence-electron chi connectivity index (χ0n) is 10.5. The van der Waals surface area contributed by atoms with Gasteiger partial charge in [-0.25, -0.2) is 4.79 Å². The lowest BCUT2D eigenvalue weighted by molar-refractivity contribution is 0.139. The second-order valence-corrected chi connectivity index (χ2v) is 4.40. The van der Waals surface area contributed by atoms with Gasteiger partial charge in [0.2, 0.25) is 0 Å². The van der Waals surface area contributed by atoms with Crippen molar-refractivity contribution < 1.29 is 4.79 Å². The second kappa shape index (κ2) is 6.67. The van der Waals surface area contributed by atoms with Gasteiger partial charge in [-0.3, -0.25) is 0 Å². The first kappa shape index (κ1) is 14.2. The molecule has 0 aliphatic heterocycles. The van der Waals surface area contributed by atoms with E-state index in [-0.39, 0.29) is 11.6 Å². The van der Waals surface area contributed by atoms with E-state index in [1.54, 1.807) is 0 Å². The lowest BCUT2D eigenvalue weighted by Crippen LogP contribution is -2.55. The number of carbonyl (C=O) groups excluding carboxylic acids is 1. The van der Waals surface area contributed by atoms with Crippen LogP contribution in [0.4, 0.5) is 4.79 Å². The highest BCUT2D eigenvalue weighted by molar-refractivity contribution is 5.75. The number of urea groups is 1. The number of nitrogens with one attached hydrogen (secondary N) is 1. The van der Waals surface area contributed by atoms with Gasteiger partial charge < -0.3 is 16.0 Å². The van der Waals surface area contributed by atoms with Gasteiger partial charge in [-0.15, -0.1) is 0 Å². The number of nitrogens with zero attached hydrogens (tertiary/aromatic N) is 1. The smallest absolute Gasteiger partial charge is 0.317 e. The quantitative estimate of drug-likeness (QED) is 0.706. The molecule has 0 saturated carbocycles. The van der Waals surface area contributed by atoms with Crippen molar-refractivity contribution in [3.63, 3.8) is 0 Å². The van der Waals surface area contributed by atoms with E-state index >= 15 is 0 Å². The molecule has 0 atom stereocenters. The molecular formula is C11H25N3O. The molecule has 0 aromatic carbocycles. The Morgan fingerprint density at radius 1 is 1.33 bits per heavy atom. The van der Waals surface area contributed by atoms with Crippen molar-refractivity contribution in [1.82, 2.24) is 10.2 Å². The molecule has 0 aromatic heterocycles. The number of nitrogens with two attached hydrogens (primary N) is 1. The normalized spacial score (nSPS) is 11.3. The van der Waals surface area contributed by atoms with Crippen LogP contribution in [0.2, 0.25) is 0 Å². The number of hydrogen-bond donors (Lipinski definition) is 2. The minimum absolute atomic E-state index is 0.00542. The summed E-state index contributed by atoms with van der Waals surface area (Å²) in [7, 11) is 0. The maximum Gasteiger partial charge on any atom is 0.317 e. The van der Waals surface area contributed by atoms with Gasteiger partial charge in [0.15, 0.2) is 0 Å². The lowest BCUT2D eigenvalue weighted by atomic mass is 10.0. The summed E-state index contributed by atoms with van der Waals surface area (Å²) in [5.74, 6) is 0. The fourth-order valence-electron chi connectivity index (χ4n) is 1.34. The number of carbonyl (C=O) groups is 1. The van der Waals surface area contributed by atoms with E-state index in [4.69, 9.17) is 5.73 Å². The molecule has 90 valence electrons. The Morgan fingerprint density at radius 2 is 1.93 bits per heavy atom. The molecule has 4 heteroatoms. The Bertz CT molecular complexity index is 192. The van der Waals surface area contributed by atoms with E-state index in [0.717, 1.165) is 25.9 Å². The molecule has 0 unspecified atom stereocenters. The first-order valence-corrected chi connectivity index (χ1v) is 5.75. The van der Waals surface area contributed by atoms with E-state index in [1.165, 1.54) is 0 Å². The molecule has 0 bridgehead atoms. The zero-order chi connectivity index (χ0) is 11.9. The fourth-order valence-corrected chi connectivity index (χ4v) is 1.34. The summed E-state index contributed by atoms with van der Waals surface area (Å²) in [5.41, 5.74) is 5.41. The SMILES string of the molecule is CCCNC(=O)N(CCC)C(C)(C)CN. The standard InChI is InChI=1S/C11H25N3O/c1-5-7-13-10(15)14(8-6-2)11(3,4)9-12/h5-9,12H2,1-4H3,(H,13,15). The van der Waals surface area contributed by atoms with Gasteiger partial charge >= 0.3 is 6.03 Å². The summed E-state index contributed by atoms with van der Waals surface area (Å²) in [5, 5.41) is 2.89. The Morgan fingerprint density at radius 3 is 2.33 bits per heavy atom. The van der Waals surface area contributed by atoms with E-state index in [0.29, 0.717) is 6.54 Å². The third-order valence-corrected chi connectivity index (χ3v) is 2.45. The van der Waals surface area contributed by atoms with Crippen LogP contribution in [-0.4, -0.2) is 36.1 Å². The highest BCUT2D eigenvalue weighted by atomic mass is 16.2. The first-order chi connectivity index (χ1) is 6.99. The number of amides is 2. The van der Waals surface area contributed by atoms with Crippen LogP contribution in [0.1, 0.15) is 40.5 Å². The minimum Gasteiger partial charge on any atom is -0.338 e. The van der Waals surface area contributed by atoms with E-state index in [1.807, 2.05) is 25.7 Å². The fraction of sp³-hybridized carbons (Fsp3) is 0.909. The molecule has 0 saturated heterocycles. The monoisotopic (exact) mass is 215 g/mol. The molecule has 0 heterocycles. The summed E-state index contributed by atoms with van der Waals surface area (Å²) in [4.78, 5) is 13.7. The van der Waals surface area contributed by atoms with E-state index < -0.39 is 0 Å². The molecule has 15 heavy (non-hydrogen) atoms. The van der Waals surface area contributed by atoms with Crippen LogP contribution in [0.5, 0.6) is 0 Å². The average molecular weight is 215 g/mol. The van der Waals surface area contributed by atoms with Gasteiger partial charge in [-0.2, -0.15) is 0 Å². The van der Waals surface area contributed by atoms with Gasteiger partial charge in [0, 0.05) is 19.6 Å². The zero-order valence-corrected chi connectivity index (χ0v) is 10.5. The Hall–Kier alpha value is -0.770. The van der Waals surface area contributed by atoms with Crippen LogP contribution in [0.25, 0.3) is 0 Å². The third kappa shape index (κ3) is 4.51. The van der Waals surface area contributed by atoms with Crippen LogP contribution in [-0.2, 0) is 0 Å². The van der Waals surface area contributed by atoms with Crippen molar-refractivity contribution in [1.29, 1.82) is 0 Å². The molecule has 0 radical (unpaired) electrons. The van der Waals surface area contributed by atoms with Gasteiger partial charge in [0.05, 0.1) is 5.54 Å². The largest absolute Gasteiger partial charge is 0.338 e. The lowest BCUT2D eigenvalue weighted by Gasteiger charge is -2.37. The second-order valence-electron chi connectivity index (χ2n) is 4.40. The highest BCUT2D eigenvalue weighted by Crippen LogP contribution is 2.13. The molecule has 2 amide bonds. The molecule has 0 aliphatic carbocycles. The van der Waals surface area contributed by atoms with Gasteiger partial charge in [0.25, 0.3) is 0 Å². The maximum atomic E-state index is 11.9. The third-order valence-electron chi connectivity index (χ3n) is 2.45. The summed E-state index contributed by atoms with van der Waals surface area (Å²) < 4.78 is 0. The Kier molecular flexibility index (Phi) is 6.32. The molecule has 0 fully saturated rings. The minimum atomic E-state index is -0.270. The molecule has 0 aromatic rings. The van der Waals surface area contributed by atoms with E-state index in [2.05, 4.69) is 12.2 Å². The predicted octanol–water partition coefficient (Wildman–Crippen LogP) is 1.56. The maximum absolute atomic E-state index is 11.9. The van der Waals surface area contributed by atoms with Crippen molar-refractivity contribution in [3.8, 4) is 0 Å². The van der Waals surface area contributed by atoms with E-state index in [9.17, 15) is 4.79 Å². The Labute approximate surface area is 93.2 Å². The van der Waals surface area contributed by atoms with Crippen molar-refractivity contribution >= 4 is 6.03 Å². The highest BCUT2D eigenvalue weighted by Gasteiger charge is 2.28. The summed E-state index contributed by atoms with van der Waals surface area (Å²) in [6, 6.07) is -0.00542. The van der Waals surface area contributed by atoms with Crippen LogP contribution in [0, 0.1) is 0 Å². The average Bonchev–Trinajstić information content (AvgIpc) is 2.22. The first-order valence-electron chi connectivity index (χ1n) is 5.75. The topological polar surface area (TPSA) is 58.4 Å². The number of rotatable bonds is 6. The molecule has 4 nitrogen and oxygen atoms in total. The van der Waals surface area contributed by atoms with Crippen molar-refractivity contribution in [3.05, 3.63) is 0 Å². The van der Waals surface area contributed by atoms with Gasteiger partial charge in [-0.05, 0) is 26.7 Å². The number of hydrogen-bond acceptors (Lipinski definition) is 2. The van der Waals surface area contributed by atoms with Crippen molar-refractivity contribution in [2.75, 3.05) is 19.6 Å². The van der Waals surface area contributed by atoms with Crippen LogP contribution >= 0.6 is 0 Å². The van der Waals surface area contributed by atoms with Crippen molar-refractivity contribution in [2.24, 2.45) is 5.73 Å². The summed E-state index contributed by atoms with van der Waals surface area (Å²) in [6.07, 6.45) is 1.90. The Balaban J connectivity index is 4.43. The van der Waals surface area contributed by atoms with Gasteiger partial charge in [-0.1, -0.05) is 13.8 Å². The van der Waals surface area contributed by atoms with Crippen LogP contribution in [0.15, 0.2) is 0 Å². The molecule has 0 aliphatic rings. The molecule has 0 rings (SSSR count). The van der Waals surface area contributed by atoms with Gasteiger partial charge in [0.1, 0.15) is 0 Å². The molecular weight excluding hydrogens is 190 g/mol. The molecule has 3 N–H and O–H groups in total. The van der Waals surface area contributed by atoms with Crippen LogP contribution in [0.3, 0.4) is 0 Å².